The molecule has 0 aliphatic carbocycles. The molecule has 0 bridgehead atoms. The highest BCUT2D eigenvalue weighted by Gasteiger charge is 2.14. The van der Waals surface area contributed by atoms with E-state index >= 15 is 0 Å². The Labute approximate surface area is 178 Å². The van der Waals surface area contributed by atoms with Crippen LogP contribution >= 0.6 is 0 Å². The Morgan fingerprint density at radius 3 is 2.65 bits per heavy atom. The number of esters is 1. The van der Waals surface area contributed by atoms with E-state index in [2.05, 4.69) is 10.6 Å². The first-order chi connectivity index (χ1) is 15.0. The lowest BCUT2D eigenvalue weighted by atomic mass is 10.2. The number of ether oxygens (including phenoxy) is 4. The molecule has 0 unspecified atom stereocenters. The van der Waals surface area contributed by atoms with Crippen LogP contribution in [0.25, 0.3) is 6.08 Å². The van der Waals surface area contributed by atoms with Crippen molar-refractivity contribution in [1.82, 2.24) is 5.32 Å². The van der Waals surface area contributed by atoms with Crippen molar-refractivity contribution in [3.8, 4) is 17.2 Å². The number of hydrogen-bond donors (Lipinski definition) is 2. The molecule has 0 atom stereocenters. The highest BCUT2D eigenvalue weighted by atomic mass is 16.6. The van der Waals surface area contributed by atoms with Crippen molar-refractivity contribution < 1.29 is 33.3 Å². The van der Waals surface area contributed by atoms with Gasteiger partial charge in [-0.05, 0) is 31.2 Å². The van der Waals surface area contributed by atoms with E-state index in [0.717, 1.165) is 0 Å². The van der Waals surface area contributed by atoms with E-state index in [-0.39, 0.29) is 0 Å². The van der Waals surface area contributed by atoms with Gasteiger partial charge in [-0.2, -0.15) is 0 Å². The molecule has 0 fully saturated rings. The number of carbonyl (C=O) groups excluding carboxylic acids is 3. The minimum Gasteiger partial charge on any atom is -0.493 e. The number of urea groups is 1. The van der Waals surface area contributed by atoms with Gasteiger partial charge in [-0.15, -0.1) is 0 Å². The van der Waals surface area contributed by atoms with Crippen LogP contribution in [0.3, 0.4) is 0 Å². The minimum absolute atomic E-state index is 0.415. The number of para-hydroxylation sites is 1. The van der Waals surface area contributed by atoms with Crippen molar-refractivity contribution in [3.05, 3.63) is 54.1 Å². The van der Waals surface area contributed by atoms with E-state index in [4.69, 9.17) is 18.9 Å². The van der Waals surface area contributed by atoms with Gasteiger partial charge in [-0.25, -0.2) is 9.59 Å². The number of benzene rings is 2. The van der Waals surface area contributed by atoms with Crippen LogP contribution in [0, 0.1) is 0 Å². The molecule has 9 nitrogen and oxygen atoms in total. The molecule has 0 saturated heterocycles. The fraction of sp³-hybridized carbons (Fsp3) is 0.227. The number of rotatable bonds is 7. The molecule has 1 aliphatic heterocycles. The lowest BCUT2D eigenvalue weighted by molar-refractivity contribution is -0.143. The molecule has 1 heterocycles. The van der Waals surface area contributed by atoms with E-state index < -0.39 is 24.5 Å². The first-order valence-electron chi connectivity index (χ1n) is 9.62. The first kappa shape index (κ1) is 21.7. The van der Waals surface area contributed by atoms with Gasteiger partial charge in [0.25, 0.3) is 5.91 Å². The number of nitrogens with one attached hydrogen (secondary N) is 2. The van der Waals surface area contributed by atoms with E-state index in [1.54, 1.807) is 36.4 Å². The number of fused-ring (bicyclic) bond motifs is 1. The van der Waals surface area contributed by atoms with Gasteiger partial charge in [0.2, 0.25) is 0 Å². The molecule has 3 amide bonds. The van der Waals surface area contributed by atoms with E-state index in [9.17, 15) is 14.4 Å². The maximum Gasteiger partial charge on any atom is 0.331 e. The second kappa shape index (κ2) is 10.7. The normalized spacial score (nSPS) is 12.2. The molecule has 2 N–H and O–H groups in total. The number of hydrogen-bond acceptors (Lipinski definition) is 7. The standard InChI is InChI=1S/C22H22N2O7/c1-2-28-17-6-4-3-5-15(17)7-10-21(26)31-14-20(25)24-22(27)23-16-8-9-18-19(13-16)30-12-11-29-18/h3-10,13H,2,11-12,14H2,1H3,(H2,23,24,25,27)/b10-7+. The van der Waals surface area contributed by atoms with Gasteiger partial charge in [0, 0.05) is 23.4 Å². The summed E-state index contributed by atoms with van der Waals surface area (Å²) in [6.45, 7) is 2.62. The molecule has 0 aromatic heterocycles. The van der Waals surface area contributed by atoms with Crippen molar-refractivity contribution in [2.75, 3.05) is 31.7 Å². The van der Waals surface area contributed by atoms with Gasteiger partial charge in [-0.3, -0.25) is 10.1 Å². The maximum absolute atomic E-state index is 12.0. The van der Waals surface area contributed by atoms with E-state index in [1.165, 1.54) is 12.2 Å². The average Bonchev–Trinajstić information content (AvgIpc) is 2.77. The second-order valence-corrected chi connectivity index (χ2v) is 6.27. The highest BCUT2D eigenvalue weighted by molar-refractivity contribution is 6.02. The van der Waals surface area contributed by atoms with Gasteiger partial charge in [0.05, 0.1) is 6.61 Å². The fourth-order valence-electron chi connectivity index (χ4n) is 2.69. The Balaban J connectivity index is 1.44. The Morgan fingerprint density at radius 2 is 1.84 bits per heavy atom. The zero-order valence-corrected chi connectivity index (χ0v) is 16.9. The smallest absolute Gasteiger partial charge is 0.331 e. The van der Waals surface area contributed by atoms with Crippen LogP contribution in [0.1, 0.15) is 12.5 Å². The van der Waals surface area contributed by atoms with Crippen LogP contribution in [-0.4, -0.2) is 44.3 Å². The van der Waals surface area contributed by atoms with E-state index in [1.807, 2.05) is 13.0 Å². The Hall–Kier alpha value is -4.01. The Bertz CT molecular complexity index is 988. The van der Waals surface area contributed by atoms with Crippen LogP contribution in [0.15, 0.2) is 48.5 Å². The van der Waals surface area contributed by atoms with Crippen LogP contribution < -0.4 is 24.8 Å². The summed E-state index contributed by atoms with van der Waals surface area (Å²) < 4.78 is 21.2. The van der Waals surface area contributed by atoms with Crippen molar-refractivity contribution in [2.45, 2.75) is 6.92 Å². The topological polar surface area (TPSA) is 112 Å². The minimum atomic E-state index is -0.772. The summed E-state index contributed by atoms with van der Waals surface area (Å²) in [5.74, 6) is 0.210. The Morgan fingerprint density at radius 1 is 1.06 bits per heavy atom. The van der Waals surface area contributed by atoms with Crippen LogP contribution in [0.2, 0.25) is 0 Å². The summed E-state index contributed by atoms with van der Waals surface area (Å²) in [4.78, 5) is 35.7. The van der Waals surface area contributed by atoms with E-state index in [0.29, 0.717) is 48.3 Å². The maximum atomic E-state index is 12.0. The van der Waals surface area contributed by atoms with Gasteiger partial charge in [-0.1, -0.05) is 18.2 Å². The van der Waals surface area contributed by atoms with Crippen LogP contribution in [-0.2, 0) is 14.3 Å². The summed E-state index contributed by atoms with van der Waals surface area (Å²) in [6, 6.07) is 11.3. The third-order valence-corrected chi connectivity index (χ3v) is 4.02. The number of imide groups is 1. The third kappa shape index (κ3) is 6.49. The molecular formula is C22H22N2O7. The largest absolute Gasteiger partial charge is 0.493 e. The molecule has 31 heavy (non-hydrogen) atoms. The monoisotopic (exact) mass is 426 g/mol. The first-order valence-corrected chi connectivity index (χ1v) is 9.62. The summed E-state index contributed by atoms with van der Waals surface area (Å²) >= 11 is 0. The molecule has 3 rings (SSSR count). The number of carbonyl (C=O) groups is 3. The Kier molecular flexibility index (Phi) is 7.47. The highest BCUT2D eigenvalue weighted by Crippen LogP contribution is 2.32. The molecule has 0 saturated carbocycles. The van der Waals surface area contributed by atoms with Crippen LogP contribution in [0.5, 0.6) is 17.2 Å². The van der Waals surface area contributed by atoms with Crippen molar-refractivity contribution >= 4 is 29.7 Å². The summed E-state index contributed by atoms with van der Waals surface area (Å²) in [5, 5.41) is 4.58. The van der Waals surface area contributed by atoms with Gasteiger partial charge < -0.3 is 24.3 Å². The predicted octanol–water partition coefficient (Wildman–Crippen LogP) is 2.76. The second-order valence-electron chi connectivity index (χ2n) is 6.27. The van der Waals surface area contributed by atoms with Crippen molar-refractivity contribution in [2.24, 2.45) is 0 Å². The van der Waals surface area contributed by atoms with Crippen molar-refractivity contribution in [1.29, 1.82) is 0 Å². The predicted molar refractivity (Wildman–Crippen MR) is 112 cm³/mol. The molecule has 0 spiro atoms. The third-order valence-electron chi connectivity index (χ3n) is 4.02. The van der Waals surface area contributed by atoms with Gasteiger partial charge >= 0.3 is 12.0 Å². The molecule has 0 radical (unpaired) electrons. The molecule has 9 heteroatoms. The quantitative estimate of drug-likeness (QED) is 0.517. The summed E-state index contributed by atoms with van der Waals surface area (Å²) in [7, 11) is 0. The number of anilines is 1. The van der Waals surface area contributed by atoms with Crippen LogP contribution in [0.4, 0.5) is 10.5 Å². The van der Waals surface area contributed by atoms with Gasteiger partial charge in [0.15, 0.2) is 18.1 Å². The number of amides is 3. The summed E-state index contributed by atoms with van der Waals surface area (Å²) in [5.41, 5.74) is 1.12. The van der Waals surface area contributed by atoms with Gasteiger partial charge in [0.1, 0.15) is 19.0 Å². The lowest BCUT2D eigenvalue weighted by Crippen LogP contribution is -2.37. The molecule has 1 aliphatic rings. The molecule has 2 aromatic carbocycles. The zero-order valence-electron chi connectivity index (χ0n) is 16.9. The molecule has 162 valence electrons. The fourth-order valence-corrected chi connectivity index (χ4v) is 2.69. The average molecular weight is 426 g/mol. The van der Waals surface area contributed by atoms with Crippen molar-refractivity contribution in [3.63, 3.8) is 0 Å². The lowest BCUT2D eigenvalue weighted by Gasteiger charge is -2.19. The SMILES string of the molecule is CCOc1ccccc1/C=C/C(=O)OCC(=O)NC(=O)Nc1ccc2c(c1)OCCO2. The molecule has 2 aromatic rings. The zero-order chi connectivity index (χ0) is 22.1. The molecular weight excluding hydrogens is 404 g/mol. The summed E-state index contributed by atoms with van der Waals surface area (Å²) in [6.07, 6.45) is 2.71.